The monoisotopic (exact) mass is 402 g/mol. The molecule has 0 aliphatic rings. The molecule has 0 heterocycles. The van der Waals surface area contributed by atoms with Crippen molar-refractivity contribution in [2.24, 2.45) is 10.2 Å². The van der Waals surface area contributed by atoms with Crippen molar-refractivity contribution in [3.8, 4) is 11.5 Å². The maximum absolute atomic E-state index is 12.3. The van der Waals surface area contributed by atoms with Gasteiger partial charge in [0, 0.05) is 22.3 Å². The molecule has 0 aliphatic carbocycles. The van der Waals surface area contributed by atoms with Gasteiger partial charge >= 0.3 is 0 Å². The summed E-state index contributed by atoms with van der Waals surface area (Å²) in [7, 11) is 0. The minimum absolute atomic E-state index is 0.0403. The number of aromatic hydroxyl groups is 2. The first kappa shape index (κ1) is 20.3. The standard InChI is InChI=1S/C22H18N4O4/c27-19-10-3-1-6-17(19)13-23-25-21(29)15-8-5-9-16(12-15)22(30)26-24-14-18-7-2-4-11-20(18)28/h1-14,27-28H,(H,25,29)(H,26,30)/b23-13+,24-14+. The molecule has 3 aromatic carbocycles. The highest BCUT2D eigenvalue weighted by atomic mass is 16.3. The third-order valence-electron chi connectivity index (χ3n) is 4.00. The summed E-state index contributed by atoms with van der Waals surface area (Å²) in [6, 6.07) is 19.1. The molecule has 0 saturated heterocycles. The van der Waals surface area contributed by atoms with Crippen LogP contribution in [0.2, 0.25) is 0 Å². The second kappa shape index (κ2) is 9.65. The van der Waals surface area contributed by atoms with Gasteiger partial charge in [-0.25, -0.2) is 10.9 Å². The first-order valence-corrected chi connectivity index (χ1v) is 8.87. The molecular formula is C22H18N4O4. The minimum atomic E-state index is -0.519. The molecule has 8 nitrogen and oxygen atoms in total. The van der Waals surface area contributed by atoms with Crippen molar-refractivity contribution in [3.63, 3.8) is 0 Å². The Morgan fingerprint density at radius 1 is 0.667 bits per heavy atom. The number of hydrogen-bond acceptors (Lipinski definition) is 6. The summed E-state index contributed by atoms with van der Waals surface area (Å²) in [4.78, 5) is 24.5. The quantitative estimate of drug-likeness (QED) is 0.374. The third kappa shape index (κ3) is 5.29. The summed E-state index contributed by atoms with van der Waals surface area (Å²) in [5.74, 6) is -0.958. The van der Waals surface area contributed by atoms with E-state index in [0.717, 1.165) is 0 Å². The van der Waals surface area contributed by atoms with E-state index in [1.165, 1.54) is 42.8 Å². The van der Waals surface area contributed by atoms with Crippen LogP contribution in [0.5, 0.6) is 11.5 Å². The highest BCUT2D eigenvalue weighted by Gasteiger charge is 2.10. The Morgan fingerprint density at radius 2 is 1.10 bits per heavy atom. The number of rotatable bonds is 6. The fourth-order valence-electron chi connectivity index (χ4n) is 2.45. The minimum Gasteiger partial charge on any atom is -0.507 e. The molecular weight excluding hydrogens is 384 g/mol. The van der Waals surface area contributed by atoms with Gasteiger partial charge in [-0.3, -0.25) is 9.59 Å². The summed E-state index contributed by atoms with van der Waals surface area (Å²) in [5, 5.41) is 27.0. The molecule has 3 rings (SSSR count). The second-order valence-electron chi connectivity index (χ2n) is 6.10. The van der Waals surface area contributed by atoms with Gasteiger partial charge in [-0.15, -0.1) is 0 Å². The van der Waals surface area contributed by atoms with Crippen LogP contribution >= 0.6 is 0 Å². The normalized spacial score (nSPS) is 10.9. The Balaban J connectivity index is 1.62. The maximum Gasteiger partial charge on any atom is 0.271 e. The van der Waals surface area contributed by atoms with Crippen LogP contribution in [0.15, 0.2) is 83.0 Å². The van der Waals surface area contributed by atoms with Crippen LogP contribution in [-0.4, -0.2) is 34.5 Å². The predicted molar refractivity (Wildman–Crippen MR) is 113 cm³/mol. The fraction of sp³-hybridized carbons (Fsp3) is 0. The van der Waals surface area contributed by atoms with Crippen molar-refractivity contribution in [2.45, 2.75) is 0 Å². The van der Waals surface area contributed by atoms with Crippen LogP contribution in [0.4, 0.5) is 0 Å². The lowest BCUT2D eigenvalue weighted by Crippen LogP contribution is -2.20. The zero-order chi connectivity index (χ0) is 21.3. The first-order valence-electron chi connectivity index (χ1n) is 8.87. The van der Waals surface area contributed by atoms with E-state index >= 15 is 0 Å². The fourth-order valence-corrected chi connectivity index (χ4v) is 2.45. The SMILES string of the molecule is O=C(N/N=C/c1ccccc1O)c1cccc(C(=O)N/N=C/c2ccccc2O)c1. The molecule has 0 spiro atoms. The molecule has 0 aromatic heterocycles. The second-order valence-corrected chi connectivity index (χ2v) is 6.10. The van der Waals surface area contributed by atoms with Gasteiger partial charge in [0.1, 0.15) is 11.5 Å². The maximum atomic E-state index is 12.3. The van der Waals surface area contributed by atoms with Crippen molar-refractivity contribution in [2.75, 3.05) is 0 Å². The van der Waals surface area contributed by atoms with Gasteiger partial charge in [-0.1, -0.05) is 30.3 Å². The number of phenolic OH excluding ortho intramolecular Hbond substituents is 2. The van der Waals surface area contributed by atoms with Crippen LogP contribution in [0, 0.1) is 0 Å². The van der Waals surface area contributed by atoms with Gasteiger partial charge in [0.05, 0.1) is 12.4 Å². The van der Waals surface area contributed by atoms with E-state index < -0.39 is 11.8 Å². The number of carbonyl (C=O) groups is 2. The zero-order valence-electron chi connectivity index (χ0n) is 15.7. The van der Waals surface area contributed by atoms with Crippen LogP contribution < -0.4 is 10.9 Å². The topological polar surface area (TPSA) is 123 Å². The van der Waals surface area contributed by atoms with Crippen LogP contribution in [0.25, 0.3) is 0 Å². The lowest BCUT2D eigenvalue weighted by molar-refractivity contribution is 0.0954. The zero-order valence-corrected chi connectivity index (χ0v) is 15.7. The molecule has 0 bridgehead atoms. The smallest absolute Gasteiger partial charge is 0.271 e. The summed E-state index contributed by atoms with van der Waals surface area (Å²) in [6.07, 6.45) is 2.63. The van der Waals surface area contributed by atoms with E-state index in [-0.39, 0.29) is 22.6 Å². The van der Waals surface area contributed by atoms with E-state index in [1.807, 2.05) is 0 Å². The van der Waals surface area contributed by atoms with Gasteiger partial charge in [0.15, 0.2) is 0 Å². The molecule has 0 fully saturated rings. The summed E-state index contributed by atoms with van der Waals surface area (Å²) in [6.45, 7) is 0. The van der Waals surface area contributed by atoms with E-state index in [2.05, 4.69) is 21.1 Å². The number of phenols is 2. The Hall–Kier alpha value is -4.46. The number of nitrogens with zero attached hydrogens (tertiary/aromatic N) is 2. The van der Waals surface area contributed by atoms with Crippen molar-refractivity contribution in [1.82, 2.24) is 10.9 Å². The lowest BCUT2D eigenvalue weighted by atomic mass is 10.1. The first-order chi connectivity index (χ1) is 14.5. The summed E-state index contributed by atoms with van der Waals surface area (Å²) >= 11 is 0. The highest BCUT2D eigenvalue weighted by molar-refractivity contribution is 6.00. The number of amides is 2. The number of benzene rings is 3. The number of nitrogens with one attached hydrogen (secondary N) is 2. The number of hydrogen-bond donors (Lipinski definition) is 4. The average molecular weight is 402 g/mol. The largest absolute Gasteiger partial charge is 0.507 e. The van der Waals surface area contributed by atoms with Gasteiger partial charge in [-0.05, 0) is 42.5 Å². The Kier molecular flexibility index (Phi) is 6.52. The Labute approximate surface area is 172 Å². The van der Waals surface area contributed by atoms with E-state index in [1.54, 1.807) is 42.5 Å². The number of hydrazone groups is 2. The average Bonchev–Trinajstić information content (AvgIpc) is 2.76. The molecule has 4 N–H and O–H groups in total. The molecule has 30 heavy (non-hydrogen) atoms. The summed E-state index contributed by atoms with van der Waals surface area (Å²) in [5.41, 5.74) is 6.04. The number of para-hydroxylation sites is 2. The van der Waals surface area contributed by atoms with Crippen molar-refractivity contribution in [3.05, 3.63) is 95.1 Å². The van der Waals surface area contributed by atoms with Crippen molar-refractivity contribution >= 4 is 24.2 Å². The predicted octanol–water partition coefficient (Wildman–Crippen LogP) is 2.63. The van der Waals surface area contributed by atoms with Gasteiger partial charge in [0.25, 0.3) is 11.8 Å². The molecule has 8 heteroatoms. The molecule has 150 valence electrons. The highest BCUT2D eigenvalue weighted by Crippen LogP contribution is 2.13. The van der Waals surface area contributed by atoms with Crippen LogP contribution in [0.3, 0.4) is 0 Å². The molecule has 0 saturated carbocycles. The van der Waals surface area contributed by atoms with Gasteiger partial charge in [0.2, 0.25) is 0 Å². The molecule has 0 radical (unpaired) electrons. The van der Waals surface area contributed by atoms with Gasteiger partial charge < -0.3 is 10.2 Å². The van der Waals surface area contributed by atoms with E-state index in [9.17, 15) is 19.8 Å². The molecule has 3 aromatic rings. The summed E-state index contributed by atoms with van der Waals surface area (Å²) < 4.78 is 0. The third-order valence-corrected chi connectivity index (χ3v) is 4.00. The molecule has 0 atom stereocenters. The van der Waals surface area contributed by atoms with E-state index in [0.29, 0.717) is 11.1 Å². The molecule has 0 unspecified atom stereocenters. The Morgan fingerprint density at radius 3 is 1.53 bits per heavy atom. The lowest BCUT2D eigenvalue weighted by Gasteiger charge is -2.04. The van der Waals surface area contributed by atoms with Gasteiger partial charge in [-0.2, -0.15) is 10.2 Å². The Bertz CT molecular complexity index is 1040. The van der Waals surface area contributed by atoms with E-state index in [4.69, 9.17) is 0 Å². The molecule has 2 amide bonds. The molecule has 0 aliphatic heterocycles. The number of carbonyl (C=O) groups excluding carboxylic acids is 2. The van der Waals surface area contributed by atoms with Crippen molar-refractivity contribution < 1.29 is 19.8 Å². The van der Waals surface area contributed by atoms with Crippen LogP contribution in [0.1, 0.15) is 31.8 Å². The van der Waals surface area contributed by atoms with Crippen molar-refractivity contribution in [1.29, 1.82) is 0 Å². The van der Waals surface area contributed by atoms with Crippen LogP contribution in [-0.2, 0) is 0 Å².